The number of fused-ring (bicyclic) bond motifs is 1. The number of hydrogen-bond acceptors (Lipinski definition) is 5. The average Bonchev–Trinajstić information content (AvgIpc) is 3.20. The van der Waals surface area contributed by atoms with Crippen LogP contribution >= 0.6 is 0 Å². The molecule has 0 radical (unpaired) electrons. The smallest absolute Gasteiger partial charge is 0.251 e. The lowest BCUT2D eigenvalue weighted by Gasteiger charge is -2.30. The Morgan fingerprint density at radius 3 is 3.05 bits per heavy atom. The highest BCUT2D eigenvalue weighted by Gasteiger charge is 2.28. The van der Waals surface area contributed by atoms with Crippen LogP contribution in [0.3, 0.4) is 0 Å². The molecule has 0 unspecified atom stereocenters. The lowest BCUT2D eigenvalue weighted by Crippen LogP contribution is -2.44. The molecule has 1 saturated heterocycles. The standard InChI is InChI=1S/C15H24N4O3/c1-3-13-16-17-14-9-18(6-7-19(13)14)15(20)11(2)22-10-12-5-4-8-21-12/h11-12H,3-10H2,1-2H3/t11-,12-/m0/s1. The van der Waals surface area contributed by atoms with E-state index < -0.39 is 6.10 Å². The van der Waals surface area contributed by atoms with Crippen molar-refractivity contribution in [2.45, 2.75) is 58.4 Å². The van der Waals surface area contributed by atoms with E-state index in [-0.39, 0.29) is 12.0 Å². The first-order chi connectivity index (χ1) is 10.7. The van der Waals surface area contributed by atoms with Crippen LogP contribution in [0.5, 0.6) is 0 Å². The number of aromatic nitrogens is 3. The summed E-state index contributed by atoms with van der Waals surface area (Å²) in [6.45, 7) is 7.14. The van der Waals surface area contributed by atoms with E-state index in [0.717, 1.165) is 44.1 Å². The van der Waals surface area contributed by atoms with Crippen LogP contribution in [0.15, 0.2) is 0 Å². The topological polar surface area (TPSA) is 69.5 Å². The molecule has 1 aromatic rings. The zero-order valence-corrected chi connectivity index (χ0v) is 13.3. The molecule has 7 heteroatoms. The second-order valence-electron chi connectivity index (χ2n) is 5.91. The molecule has 0 bridgehead atoms. The van der Waals surface area contributed by atoms with Gasteiger partial charge in [0.1, 0.15) is 11.9 Å². The largest absolute Gasteiger partial charge is 0.376 e. The van der Waals surface area contributed by atoms with Crippen molar-refractivity contribution in [3.8, 4) is 0 Å². The number of hydrogen-bond donors (Lipinski definition) is 0. The molecule has 0 aromatic carbocycles. The normalized spacial score (nSPS) is 22.6. The fourth-order valence-corrected chi connectivity index (χ4v) is 3.02. The Balaban J connectivity index is 1.53. The van der Waals surface area contributed by atoms with Crippen molar-refractivity contribution in [3.63, 3.8) is 0 Å². The number of ether oxygens (including phenoxy) is 2. The van der Waals surface area contributed by atoms with E-state index in [9.17, 15) is 4.79 Å². The lowest BCUT2D eigenvalue weighted by molar-refractivity contribution is -0.146. The average molecular weight is 308 g/mol. The molecule has 0 aliphatic carbocycles. The molecule has 3 heterocycles. The summed E-state index contributed by atoms with van der Waals surface area (Å²) in [5, 5.41) is 8.36. The molecule has 7 nitrogen and oxygen atoms in total. The summed E-state index contributed by atoms with van der Waals surface area (Å²) in [5.41, 5.74) is 0. The molecule has 122 valence electrons. The van der Waals surface area contributed by atoms with Crippen LogP contribution in [0.25, 0.3) is 0 Å². The molecule has 3 rings (SSSR count). The van der Waals surface area contributed by atoms with Gasteiger partial charge in [-0.05, 0) is 19.8 Å². The fraction of sp³-hybridized carbons (Fsp3) is 0.800. The SMILES string of the molecule is CCc1nnc2n1CCN(C(=O)[C@H](C)OC[C@@H]1CCCO1)C2. The number of nitrogens with zero attached hydrogens (tertiary/aromatic N) is 4. The van der Waals surface area contributed by atoms with Crippen molar-refractivity contribution in [1.29, 1.82) is 0 Å². The van der Waals surface area contributed by atoms with Crippen LogP contribution in [0.2, 0.25) is 0 Å². The van der Waals surface area contributed by atoms with Gasteiger partial charge in [-0.3, -0.25) is 4.79 Å². The molecule has 0 N–H and O–H groups in total. The number of aryl methyl sites for hydroxylation is 1. The van der Waals surface area contributed by atoms with Gasteiger partial charge in [-0.1, -0.05) is 6.92 Å². The second-order valence-corrected chi connectivity index (χ2v) is 5.91. The van der Waals surface area contributed by atoms with E-state index in [1.807, 2.05) is 11.8 Å². The summed E-state index contributed by atoms with van der Waals surface area (Å²) < 4.78 is 13.3. The van der Waals surface area contributed by atoms with Crippen molar-refractivity contribution in [2.75, 3.05) is 19.8 Å². The van der Waals surface area contributed by atoms with Gasteiger partial charge in [0.25, 0.3) is 5.91 Å². The highest BCUT2D eigenvalue weighted by molar-refractivity contribution is 5.80. The van der Waals surface area contributed by atoms with Crippen molar-refractivity contribution in [1.82, 2.24) is 19.7 Å². The predicted molar refractivity (Wildman–Crippen MR) is 79.2 cm³/mol. The molecule has 0 spiro atoms. The number of carbonyl (C=O) groups is 1. The fourth-order valence-electron chi connectivity index (χ4n) is 3.02. The molecule has 2 aliphatic rings. The zero-order valence-electron chi connectivity index (χ0n) is 13.3. The summed E-state index contributed by atoms with van der Waals surface area (Å²) >= 11 is 0. The first-order valence-electron chi connectivity index (χ1n) is 8.12. The Kier molecular flexibility index (Phi) is 4.73. The van der Waals surface area contributed by atoms with Gasteiger partial charge in [-0.2, -0.15) is 0 Å². The van der Waals surface area contributed by atoms with Gasteiger partial charge in [0.15, 0.2) is 5.82 Å². The Bertz CT molecular complexity index is 525. The number of rotatable bonds is 5. The van der Waals surface area contributed by atoms with Gasteiger partial charge >= 0.3 is 0 Å². The quantitative estimate of drug-likeness (QED) is 0.803. The van der Waals surface area contributed by atoms with Crippen molar-refractivity contribution in [2.24, 2.45) is 0 Å². The van der Waals surface area contributed by atoms with E-state index in [4.69, 9.17) is 9.47 Å². The molecular weight excluding hydrogens is 284 g/mol. The molecule has 2 aliphatic heterocycles. The molecule has 1 aromatic heterocycles. The maximum Gasteiger partial charge on any atom is 0.251 e. The Morgan fingerprint density at radius 1 is 1.45 bits per heavy atom. The van der Waals surface area contributed by atoms with Gasteiger partial charge in [0.05, 0.1) is 19.3 Å². The second kappa shape index (κ2) is 6.75. The summed E-state index contributed by atoms with van der Waals surface area (Å²) in [6.07, 6.45) is 2.67. The van der Waals surface area contributed by atoms with Crippen LogP contribution in [0, 0.1) is 0 Å². The minimum Gasteiger partial charge on any atom is -0.376 e. The molecule has 1 amide bonds. The van der Waals surface area contributed by atoms with E-state index in [2.05, 4.69) is 21.7 Å². The Hall–Kier alpha value is -1.47. The highest BCUT2D eigenvalue weighted by Crippen LogP contribution is 2.16. The number of carbonyl (C=O) groups excluding carboxylic acids is 1. The predicted octanol–water partition coefficient (Wildman–Crippen LogP) is 0.767. The third-order valence-corrected chi connectivity index (χ3v) is 4.36. The minimum atomic E-state index is -0.440. The lowest BCUT2D eigenvalue weighted by atomic mass is 10.2. The number of amides is 1. The maximum absolute atomic E-state index is 12.5. The van der Waals surface area contributed by atoms with E-state index in [1.165, 1.54) is 0 Å². The van der Waals surface area contributed by atoms with Gasteiger partial charge in [-0.25, -0.2) is 0 Å². The zero-order chi connectivity index (χ0) is 15.5. The van der Waals surface area contributed by atoms with Crippen LogP contribution < -0.4 is 0 Å². The van der Waals surface area contributed by atoms with Crippen LogP contribution in [-0.2, 0) is 33.8 Å². The summed E-state index contributed by atoms with van der Waals surface area (Å²) in [4.78, 5) is 14.3. The summed E-state index contributed by atoms with van der Waals surface area (Å²) in [7, 11) is 0. The molecular formula is C15H24N4O3. The summed E-state index contributed by atoms with van der Waals surface area (Å²) in [5.74, 6) is 1.87. The first kappa shape index (κ1) is 15.4. The molecule has 2 atom stereocenters. The van der Waals surface area contributed by atoms with Gasteiger partial charge in [0, 0.05) is 26.1 Å². The van der Waals surface area contributed by atoms with Crippen molar-refractivity contribution in [3.05, 3.63) is 11.6 Å². The van der Waals surface area contributed by atoms with Gasteiger partial charge < -0.3 is 18.9 Å². The minimum absolute atomic E-state index is 0.0188. The van der Waals surface area contributed by atoms with E-state index >= 15 is 0 Å². The monoisotopic (exact) mass is 308 g/mol. The van der Waals surface area contributed by atoms with E-state index in [0.29, 0.717) is 19.7 Å². The third kappa shape index (κ3) is 3.15. The maximum atomic E-state index is 12.5. The van der Waals surface area contributed by atoms with Crippen LogP contribution in [-0.4, -0.2) is 57.5 Å². The Labute approximate surface area is 130 Å². The van der Waals surface area contributed by atoms with Crippen LogP contribution in [0.4, 0.5) is 0 Å². The third-order valence-electron chi connectivity index (χ3n) is 4.36. The van der Waals surface area contributed by atoms with Gasteiger partial charge in [-0.15, -0.1) is 10.2 Å². The van der Waals surface area contributed by atoms with Crippen LogP contribution in [0.1, 0.15) is 38.3 Å². The van der Waals surface area contributed by atoms with Crippen molar-refractivity contribution >= 4 is 5.91 Å². The molecule has 22 heavy (non-hydrogen) atoms. The first-order valence-corrected chi connectivity index (χ1v) is 8.12. The summed E-state index contributed by atoms with van der Waals surface area (Å²) in [6, 6.07) is 0. The van der Waals surface area contributed by atoms with Gasteiger partial charge in [0.2, 0.25) is 0 Å². The van der Waals surface area contributed by atoms with Crippen molar-refractivity contribution < 1.29 is 14.3 Å². The molecule has 1 fully saturated rings. The highest BCUT2D eigenvalue weighted by atomic mass is 16.5. The molecule has 0 saturated carbocycles. The van der Waals surface area contributed by atoms with E-state index in [1.54, 1.807) is 0 Å². The Morgan fingerprint density at radius 2 is 2.32 bits per heavy atom.